The van der Waals surface area contributed by atoms with Crippen LogP contribution in [0, 0.1) is 13.8 Å². The van der Waals surface area contributed by atoms with E-state index in [0.717, 1.165) is 16.8 Å². The Bertz CT molecular complexity index is 827. The Morgan fingerprint density at radius 3 is 2.54 bits per heavy atom. The van der Waals surface area contributed by atoms with E-state index in [1.54, 1.807) is 6.92 Å². The van der Waals surface area contributed by atoms with Gasteiger partial charge in [0, 0.05) is 19.0 Å². The van der Waals surface area contributed by atoms with Gasteiger partial charge in [-0.1, -0.05) is 42.5 Å². The van der Waals surface area contributed by atoms with E-state index in [0.29, 0.717) is 11.8 Å². The molecule has 3 aromatic rings. The van der Waals surface area contributed by atoms with E-state index in [9.17, 15) is 4.79 Å². The summed E-state index contributed by atoms with van der Waals surface area (Å²) in [5.41, 5.74) is 2.86. The highest BCUT2D eigenvalue weighted by atomic mass is 16.4. The first-order valence-corrected chi connectivity index (χ1v) is 7.83. The van der Waals surface area contributed by atoms with Gasteiger partial charge in [0.05, 0.1) is 5.92 Å². The number of carbonyl (C=O) groups is 1. The topological polar surface area (TPSA) is 68.0 Å². The molecule has 1 N–H and O–H groups in total. The van der Waals surface area contributed by atoms with Crippen molar-refractivity contribution in [3.05, 3.63) is 77.5 Å². The van der Waals surface area contributed by atoms with Gasteiger partial charge in [0.2, 0.25) is 17.7 Å². The second kappa shape index (κ2) is 7.08. The quantitative estimate of drug-likeness (QED) is 0.775. The molecule has 0 aliphatic carbocycles. The van der Waals surface area contributed by atoms with Gasteiger partial charge in [-0.05, 0) is 30.2 Å². The van der Waals surface area contributed by atoms with Crippen molar-refractivity contribution in [1.82, 2.24) is 10.2 Å². The summed E-state index contributed by atoms with van der Waals surface area (Å²) in [5, 5.41) is 10.9. The van der Waals surface area contributed by atoms with Gasteiger partial charge in [-0.15, -0.1) is 10.2 Å². The van der Waals surface area contributed by atoms with Crippen molar-refractivity contribution in [2.24, 2.45) is 0 Å². The molecule has 0 aliphatic heterocycles. The first-order valence-electron chi connectivity index (χ1n) is 7.83. The van der Waals surface area contributed by atoms with Gasteiger partial charge in [-0.3, -0.25) is 4.79 Å². The minimum Gasteiger partial charge on any atom is -0.425 e. The van der Waals surface area contributed by atoms with Gasteiger partial charge in [0.1, 0.15) is 0 Å². The predicted octanol–water partition coefficient (Wildman–Crippen LogP) is 3.85. The van der Waals surface area contributed by atoms with Gasteiger partial charge >= 0.3 is 0 Å². The van der Waals surface area contributed by atoms with Crippen LogP contribution in [0.4, 0.5) is 5.69 Å². The average molecular weight is 321 g/mol. The molecule has 1 aromatic heterocycles. The van der Waals surface area contributed by atoms with Crippen LogP contribution in [0.3, 0.4) is 0 Å². The summed E-state index contributed by atoms with van der Waals surface area (Å²) >= 11 is 0. The highest BCUT2D eigenvalue weighted by Gasteiger charge is 2.23. The number of rotatable bonds is 5. The molecule has 0 radical (unpaired) electrons. The fourth-order valence-electron chi connectivity index (χ4n) is 2.61. The predicted molar refractivity (Wildman–Crippen MR) is 91.7 cm³/mol. The van der Waals surface area contributed by atoms with Gasteiger partial charge in [-0.2, -0.15) is 0 Å². The molecule has 1 heterocycles. The third-order valence-electron chi connectivity index (χ3n) is 3.73. The number of anilines is 1. The molecule has 0 spiro atoms. The van der Waals surface area contributed by atoms with Gasteiger partial charge in [0.25, 0.3) is 0 Å². The lowest BCUT2D eigenvalue weighted by Gasteiger charge is -2.14. The lowest BCUT2D eigenvalue weighted by Crippen LogP contribution is -2.16. The number of carbonyl (C=O) groups excluding carboxylic acids is 1. The SMILES string of the molecule is Cc1cccc(NC(=O)CC(c2ccccc2)c2nnc(C)o2)c1. The lowest BCUT2D eigenvalue weighted by atomic mass is 9.95. The maximum absolute atomic E-state index is 12.5. The summed E-state index contributed by atoms with van der Waals surface area (Å²) in [7, 11) is 0. The normalized spacial score (nSPS) is 11.9. The number of benzene rings is 2. The largest absolute Gasteiger partial charge is 0.425 e. The highest BCUT2D eigenvalue weighted by Crippen LogP contribution is 2.27. The van der Waals surface area contributed by atoms with Crippen LogP contribution in [-0.2, 0) is 4.79 Å². The molecule has 0 aliphatic rings. The molecule has 0 bridgehead atoms. The molecule has 3 rings (SSSR count). The molecule has 0 fully saturated rings. The van der Waals surface area contributed by atoms with Crippen LogP contribution in [0.2, 0.25) is 0 Å². The molecule has 0 saturated carbocycles. The summed E-state index contributed by atoms with van der Waals surface area (Å²) in [6.07, 6.45) is 0.236. The number of hydrogen-bond acceptors (Lipinski definition) is 4. The van der Waals surface area contributed by atoms with Gasteiger partial charge in [0.15, 0.2) is 0 Å². The Labute approximate surface area is 140 Å². The van der Waals surface area contributed by atoms with Crippen LogP contribution >= 0.6 is 0 Å². The second-order valence-corrected chi connectivity index (χ2v) is 5.74. The Balaban J connectivity index is 1.80. The van der Waals surface area contributed by atoms with Crippen molar-refractivity contribution in [1.29, 1.82) is 0 Å². The Kier molecular flexibility index (Phi) is 4.70. The molecule has 1 atom stereocenters. The maximum Gasteiger partial charge on any atom is 0.225 e. The van der Waals surface area contributed by atoms with Crippen molar-refractivity contribution in [2.75, 3.05) is 5.32 Å². The highest BCUT2D eigenvalue weighted by molar-refractivity contribution is 5.91. The van der Waals surface area contributed by atoms with Crippen LogP contribution in [0.15, 0.2) is 59.0 Å². The average Bonchev–Trinajstić information content (AvgIpc) is 3.00. The van der Waals surface area contributed by atoms with Crippen LogP contribution in [0.5, 0.6) is 0 Å². The van der Waals surface area contributed by atoms with Gasteiger partial charge in [-0.25, -0.2) is 0 Å². The van der Waals surface area contributed by atoms with E-state index < -0.39 is 0 Å². The standard InChI is InChI=1S/C19H19N3O2/c1-13-7-6-10-16(11-13)20-18(23)12-17(15-8-4-3-5-9-15)19-22-21-14(2)24-19/h3-11,17H,12H2,1-2H3,(H,20,23). The zero-order valence-electron chi connectivity index (χ0n) is 13.7. The fourth-order valence-corrected chi connectivity index (χ4v) is 2.61. The number of nitrogens with one attached hydrogen (secondary N) is 1. The van der Waals surface area contributed by atoms with E-state index >= 15 is 0 Å². The van der Waals surface area contributed by atoms with E-state index in [1.807, 2.05) is 61.5 Å². The lowest BCUT2D eigenvalue weighted by molar-refractivity contribution is -0.116. The molecule has 2 aromatic carbocycles. The molecule has 5 nitrogen and oxygen atoms in total. The summed E-state index contributed by atoms with van der Waals surface area (Å²) in [6.45, 7) is 3.73. The van der Waals surface area contributed by atoms with Crippen molar-refractivity contribution < 1.29 is 9.21 Å². The number of nitrogens with zero attached hydrogens (tertiary/aromatic N) is 2. The molecule has 1 unspecified atom stereocenters. The third-order valence-corrected chi connectivity index (χ3v) is 3.73. The minimum absolute atomic E-state index is 0.0923. The smallest absolute Gasteiger partial charge is 0.225 e. The fraction of sp³-hybridized carbons (Fsp3) is 0.211. The van der Waals surface area contributed by atoms with Crippen molar-refractivity contribution in [2.45, 2.75) is 26.2 Å². The van der Waals surface area contributed by atoms with Gasteiger partial charge < -0.3 is 9.73 Å². The summed E-state index contributed by atoms with van der Waals surface area (Å²) < 4.78 is 5.57. The van der Waals surface area contributed by atoms with Crippen LogP contribution < -0.4 is 5.32 Å². The zero-order valence-corrected chi connectivity index (χ0v) is 13.7. The van der Waals surface area contributed by atoms with E-state index in [1.165, 1.54) is 0 Å². The van der Waals surface area contributed by atoms with E-state index in [-0.39, 0.29) is 18.2 Å². The molecule has 5 heteroatoms. The number of aryl methyl sites for hydroxylation is 2. The Morgan fingerprint density at radius 1 is 1.08 bits per heavy atom. The first kappa shape index (κ1) is 15.9. The Morgan fingerprint density at radius 2 is 1.88 bits per heavy atom. The second-order valence-electron chi connectivity index (χ2n) is 5.74. The third kappa shape index (κ3) is 3.87. The first-order chi connectivity index (χ1) is 11.6. The molecule has 0 saturated heterocycles. The maximum atomic E-state index is 12.5. The molecule has 1 amide bonds. The number of hydrogen-bond donors (Lipinski definition) is 1. The summed E-state index contributed by atoms with van der Waals surface area (Å²) in [5.74, 6) is 0.589. The molecule has 122 valence electrons. The summed E-state index contributed by atoms with van der Waals surface area (Å²) in [6, 6.07) is 17.4. The molecule has 24 heavy (non-hydrogen) atoms. The minimum atomic E-state index is -0.266. The Hall–Kier alpha value is -2.95. The van der Waals surface area contributed by atoms with Crippen LogP contribution in [0.1, 0.15) is 35.2 Å². The molecular weight excluding hydrogens is 302 g/mol. The number of aromatic nitrogens is 2. The van der Waals surface area contributed by atoms with Crippen molar-refractivity contribution in [3.63, 3.8) is 0 Å². The summed E-state index contributed by atoms with van der Waals surface area (Å²) in [4.78, 5) is 12.5. The monoisotopic (exact) mass is 321 g/mol. The molecular formula is C19H19N3O2. The van der Waals surface area contributed by atoms with Crippen LogP contribution in [0.25, 0.3) is 0 Å². The van der Waals surface area contributed by atoms with E-state index in [2.05, 4.69) is 15.5 Å². The van der Waals surface area contributed by atoms with Crippen molar-refractivity contribution >= 4 is 11.6 Å². The van der Waals surface area contributed by atoms with E-state index in [4.69, 9.17) is 4.42 Å². The van der Waals surface area contributed by atoms with Crippen molar-refractivity contribution in [3.8, 4) is 0 Å². The number of amides is 1. The van der Waals surface area contributed by atoms with Crippen LogP contribution in [-0.4, -0.2) is 16.1 Å². The zero-order chi connectivity index (χ0) is 16.9.